The van der Waals surface area contributed by atoms with E-state index in [1.807, 2.05) is 11.8 Å². The molecule has 3 rings (SSSR count). The fourth-order valence-electron chi connectivity index (χ4n) is 3.77. The second kappa shape index (κ2) is 10.4. The zero-order chi connectivity index (χ0) is 17.1. The van der Waals surface area contributed by atoms with E-state index in [0.29, 0.717) is 18.2 Å². The van der Waals surface area contributed by atoms with Gasteiger partial charge in [-0.3, -0.25) is 9.69 Å². The van der Waals surface area contributed by atoms with Gasteiger partial charge in [-0.1, -0.05) is 18.5 Å². The third kappa shape index (κ3) is 5.31. The first-order chi connectivity index (χ1) is 11.6. The highest BCUT2D eigenvalue weighted by atomic mass is 35.5. The van der Waals surface area contributed by atoms with E-state index in [9.17, 15) is 4.79 Å². The molecule has 1 aromatic heterocycles. The summed E-state index contributed by atoms with van der Waals surface area (Å²) in [7, 11) is 0. The summed E-state index contributed by atoms with van der Waals surface area (Å²) in [5.41, 5.74) is 6.09. The number of amides is 1. The molecule has 2 fully saturated rings. The first-order valence-corrected chi connectivity index (χ1v) is 9.18. The van der Waals surface area contributed by atoms with Gasteiger partial charge in [-0.2, -0.15) is 4.98 Å². The molecule has 2 aliphatic rings. The predicted molar refractivity (Wildman–Crippen MR) is 105 cm³/mol. The summed E-state index contributed by atoms with van der Waals surface area (Å²) < 4.78 is 5.35. The Balaban J connectivity index is 0.00000169. The fourth-order valence-corrected chi connectivity index (χ4v) is 3.77. The lowest BCUT2D eigenvalue weighted by Crippen LogP contribution is -2.49. The molecule has 2 heterocycles. The van der Waals surface area contributed by atoms with Crippen molar-refractivity contribution in [1.29, 1.82) is 0 Å². The fraction of sp³-hybridized carbons (Fsp3) is 0.824. The number of nitrogens with two attached hydrogens (primary N) is 1. The maximum atomic E-state index is 12.5. The highest BCUT2D eigenvalue weighted by Crippen LogP contribution is 2.28. The molecule has 7 nitrogen and oxygen atoms in total. The van der Waals surface area contributed by atoms with Gasteiger partial charge >= 0.3 is 0 Å². The zero-order valence-electron chi connectivity index (χ0n) is 15.6. The van der Waals surface area contributed by atoms with Crippen molar-refractivity contribution in [3.05, 3.63) is 11.7 Å². The van der Waals surface area contributed by atoms with E-state index in [-0.39, 0.29) is 42.8 Å². The number of halogens is 2. The average molecular weight is 408 g/mol. The number of carbonyl (C=O) groups is 1. The van der Waals surface area contributed by atoms with E-state index in [4.69, 9.17) is 10.3 Å². The van der Waals surface area contributed by atoms with Crippen molar-refractivity contribution < 1.29 is 9.32 Å². The number of nitrogens with zero attached hydrogens (tertiary/aromatic N) is 4. The summed E-state index contributed by atoms with van der Waals surface area (Å²) in [4.78, 5) is 21.2. The van der Waals surface area contributed by atoms with Gasteiger partial charge in [0.25, 0.3) is 0 Å². The molecule has 0 spiro atoms. The number of aryl methyl sites for hydroxylation is 1. The molecule has 1 aromatic rings. The number of rotatable bonds is 5. The van der Waals surface area contributed by atoms with Gasteiger partial charge in [-0.25, -0.2) is 0 Å². The van der Waals surface area contributed by atoms with Crippen LogP contribution >= 0.6 is 24.8 Å². The Morgan fingerprint density at radius 1 is 1.27 bits per heavy atom. The molecule has 9 heteroatoms. The van der Waals surface area contributed by atoms with Crippen LogP contribution in [0.25, 0.3) is 0 Å². The van der Waals surface area contributed by atoms with Crippen molar-refractivity contribution in [3.8, 4) is 0 Å². The summed E-state index contributed by atoms with van der Waals surface area (Å²) in [6.45, 7) is 7.31. The van der Waals surface area contributed by atoms with Gasteiger partial charge in [0, 0.05) is 45.1 Å². The second-order valence-electron chi connectivity index (χ2n) is 7.05. The Labute approximate surface area is 167 Å². The van der Waals surface area contributed by atoms with Crippen molar-refractivity contribution in [3.63, 3.8) is 0 Å². The molecule has 0 bridgehead atoms. The van der Waals surface area contributed by atoms with Gasteiger partial charge in [-0.15, -0.1) is 24.8 Å². The largest absolute Gasteiger partial charge is 0.340 e. The number of piperazine rings is 1. The van der Waals surface area contributed by atoms with E-state index in [1.54, 1.807) is 0 Å². The summed E-state index contributed by atoms with van der Waals surface area (Å²) in [5, 5.41) is 3.97. The Kier molecular flexibility index (Phi) is 9.30. The average Bonchev–Trinajstić information content (AvgIpc) is 3.24. The van der Waals surface area contributed by atoms with Crippen LogP contribution in [0.5, 0.6) is 0 Å². The first kappa shape index (κ1) is 23.1. The van der Waals surface area contributed by atoms with Gasteiger partial charge < -0.3 is 15.2 Å². The molecule has 26 heavy (non-hydrogen) atoms. The van der Waals surface area contributed by atoms with Crippen molar-refractivity contribution in [2.24, 2.45) is 11.7 Å². The molecule has 150 valence electrons. The maximum absolute atomic E-state index is 12.5. The minimum atomic E-state index is 0. The standard InChI is InChI=1S/C17H29N5O2.2ClH/c1-3-15-19-17(24-20-15)12(2)21-7-9-22(10-8-21)16(23)11-13-5-4-6-14(13)18;;/h12-14H,3-11,18H2,1-2H3;2*1H/t12?,13-,14+;;/m0../s1. The molecule has 0 aromatic carbocycles. The van der Waals surface area contributed by atoms with Crippen molar-refractivity contribution in [2.45, 2.75) is 58.0 Å². The van der Waals surface area contributed by atoms with Crippen molar-refractivity contribution in [2.75, 3.05) is 26.2 Å². The number of carbonyl (C=O) groups excluding carboxylic acids is 1. The quantitative estimate of drug-likeness (QED) is 0.804. The van der Waals surface area contributed by atoms with Gasteiger partial charge in [0.1, 0.15) is 0 Å². The third-order valence-electron chi connectivity index (χ3n) is 5.53. The smallest absolute Gasteiger partial charge is 0.243 e. The van der Waals surface area contributed by atoms with E-state index in [1.165, 1.54) is 0 Å². The monoisotopic (exact) mass is 407 g/mol. The summed E-state index contributed by atoms with van der Waals surface area (Å²) >= 11 is 0. The van der Waals surface area contributed by atoms with Crippen LogP contribution in [0.4, 0.5) is 0 Å². The Morgan fingerprint density at radius 3 is 2.50 bits per heavy atom. The van der Waals surface area contributed by atoms with Crippen LogP contribution in [-0.2, 0) is 11.2 Å². The predicted octanol–water partition coefficient (Wildman–Crippen LogP) is 2.20. The van der Waals surface area contributed by atoms with Crippen LogP contribution < -0.4 is 5.73 Å². The van der Waals surface area contributed by atoms with Crippen LogP contribution in [0.15, 0.2) is 4.52 Å². The van der Waals surface area contributed by atoms with Gasteiger partial charge in [-0.05, 0) is 25.7 Å². The van der Waals surface area contributed by atoms with E-state index < -0.39 is 0 Å². The van der Waals surface area contributed by atoms with Crippen LogP contribution in [0.3, 0.4) is 0 Å². The Bertz CT molecular complexity index is 563. The van der Waals surface area contributed by atoms with Crippen LogP contribution in [-0.4, -0.2) is 58.1 Å². The van der Waals surface area contributed by atoms with E-state index in [0.717, 1.165) is 57.7 Å². The van der Waals surface area contributed by atoms with Crippen molar-refractivity contribution in [1.82, 2.24) is 19.9 Å². The van der Waals surface area contributed by atoms with Crippen molar-refractivity contribution >= 4 is 30.7 Å². The van der Waals surface area contributed by atoms with Gasteiger partial charge in [0.2, 0.25) is 11.8 Å². The number of aromatic nitrogens is 2. The lowest BCUT2D eigenvalue weighted by molar-refractivity contribution is -0.134. The third-order valence-corrected chi connectivity index (χ3v) is 5.53. The highest BCUT2D eigenvalue weighted by molar-refractivity contribution is 5.85. The van der Waals surface area contributed by atoms with Crippen LogP contribution in [0.2, 0.25) is 0 Å². The molecule has 1 saturated heterocycles. The topological polar surface area (TPSA) is 88.5 Å². The molecule has 1 unspecified atom stereocenters. The Hall–Kier alpha value is -0.890. The molecular formula is C17H31Cl2N5O2. The molecule has 1 amide bonds. The SMILES string of the molecule is CCc1noc(C(C)N2CCN(C(=O)C[C@@H]3CCC[C@H]3N)CC2)n1.Cl.Cl. The Morgan fingerprint density at radius 2 is 1.96 bits per heavy atom. The molecule has 0 radical (unpaired) electrons. The summed E-state index contributed by atoms with van der Waals surface area (Å²) in [6.07, 6.45) is 4.71. The molecule has 1 saturated carbocycles. The normalized spacial score (nSPS) is 24.7. The first-order valence-electron chi connectivity index (χ1n) is 9.18. The number of hydrogen-bond donors (Lipinski definition) is 1. The van der Waals surface area contributed by atoms with Crippen LogP contribution in [0, 0.1) is 5.92 Å². The lowest BCUT2D eigenvalue weighted by Gasteiger charge is -2.37. The minimum Gasteiger partial charge on any atom is -0.340 e. The minimum absolute atomic E-state index is 0. The lowest BCUT2D eigenvalue weighted by atomic mass is 9.99. The van der Waals surface area contributed by atoms with Crippen LogP contribution in [0.1, 0.15) is 57.3 Å². The van der Waals surface area contributed by atoms with Gasteiger partial charge in [0.05, 0.1) is 6.04 Å². The van der Waals surface area contributed by atoms with E-state index in [2.05, 4.69) is 22.0 Å². The number of hydrogen-bond acceptors (Lipinski definition) is 6. The highest BCUT2D eigenvalue weighted by Gasteiger charge is 2.31. The van der Waals surface area contributed by atoms with Gasteiger partial charge in [0.15, 0.2) is 5.82 Å². The zero-order valence-corrected chi connectivity index (χ0v) is 17.2. The summed E-state index contributed by atoms with van der Waals surface area (Å²) in [6, 6.07) is 0.304. The maximum Gasteiger partial charge on any atom is 0.243 e. The summed E-state index contributed by atoms with van der Waals surface area (Å²) in [5.74, 6) is 2.05. The molecule has 1 aliphatic carbocycles. The molecule has 1 aliphatic heterocycles. The molecule has 3 atom stereocenters. The molecular weight excluding hydrogens is 377 g/mol. The van der Waals surface area contributed by atoms with E-state index >= 15 is 0 Å². The molecule has 2 N–H and O–H groups in total. The second-order valence-corrected chi connectivity index (χ2v) is 7.05.